The average molecular weight is 327 g/mol. The highest BCUT2D eigenvalue weighted by atomic mass is 32.2. The van der Waals surface area contributed by atoms with Crippen molar-refractivity contribution in [2.45, 2.75) is 4.90 Å². The van der Waals surface area contributed by atoms with Gasteiger partial charge in [-0.05, 0) is 35.7 Å². The second-order valence-electron chi connectivity index (χ2n) is 5.15. The van der Waals surface area contributed by atoms with Gasteiger partial charge < -0.3 is 4.74 Å². The van der Waals surface area contributed by atoms with Crippen LogP contribution in [-0.4, -0.2) is 22.6 Å². The number of fused-ring (bicyclic) bond motifs is 1. The Labute approximate surface area is 136 Å². The van der Waals surface area contributed by atoms with Gasteiger partial charge in [-0.1, -0.05) is 36.4 Å². The van der Waals surface area contributed by atoms with Crippen molar-refractivity contribution in [3.8, 4) is 5.75 Å². The van der Waals surface area contributed by atoms with E-state index in [1.165, 1.54) is 4.31 Å². The summed E-state index contributed by atoms with van der Waals surface area (Å²) in [6.07, 6.45) is 0. The second kappa shape index (κ2) is 5.93. The minimum Gasteiger partial charge on any atom is -0.497 e. The van der Waals surface area contributed by atoms with E-state index in [2.05, 4.69) is 0 Å². The molecule has 0 bridgehead atoms. The van der Waals surface area contributed by atoms with E-state index >= 15 is 0 Å². The highest BCUT2D eigenvalue weighted by molar-refractivity contribution is 7.93. The van der Waals surface area contributed by atoms with Crippen LogP contribution in [0.5, 0.6) is 5.75 Å². The fraction of sp³-hybridized carbons (Fsp3) is 0.111. The van der Waals surface area contributed by atoms with E-state index in [-0.39, 0.29) is 0 Å². The van der Waals surface area contributed by atoms with Gasteiger partial charge in [-0.15, -0.1) is 0 Å². The van der Waals surface area contributed by atoms with Gasteiger partial charge in [0, 0.05) is 12.4 Å². The molecule has 0 saturated carbocycles. The van der Waals surface area contributed by atoms with Gasteiger partial charge in [0.25, 0.3) is 10.0 Å². The lowest BCUT2D eigenvalue weighted by Gasteiger charge is -2.20. The van der Waals surface area contributed by atoms with Gasteiger partial charge in [0.05, 0.1) is 17.7 Å². The summed E-state index contributed by atoms with van der Waals surface area (Å²) in [5.74, 6) is 0.685. The van der Waals surface area contributed by atoms with Crippen molar-refractivity contribution < 1.29 is 13.2 Å². The summed E-state index contributed by atoms with van der Waals surface area (Å²) in [5, 5.41) is 1.62. The Kier molecular flexibility index (Phi) is 3.96. The number of sulfonamides is 1. The van der Waals surface area contributed by atoms with Crippen LogP contribution in [0.3, 0.4) is 0 Å². The summed E-state index contributed by atoms with van der Waals surface area (Å²) in [7, 11) is -0.516. The van der Waals surface area contributed by atoms with Crippen LogP contribution in [0.1, 0.15) is 0 Å². The maximum Gasteiger partial charge on any atom is 0.264 e. The first-order valence-electron chi connectivity index (χ1n) is 7.15. The highest BCUT2D eigenvalue weighted by Crippen LogP contribution is 2.28. The lowest BCUT2D eigenvalue weighted by atomic mass is 10.1. The van der Waals surface area contributed by atoms with Crippen LogP contribution < -0.4 is 9.04 Å². The van der Waals surface area contributed by atoms with Gasteiger partial charge >= 0.3 is 0 Å². The molecule has 23 heavy (non-hydrogen) atoms. The summed E-state index contributed by atoms with van der Waals surface area (Å²) in [6.45, 7) is 0. The van der Waals surface area contributed by atoms with Gasteiger partial charge in [-0.2, -0.15) is 0 Å². The molecular weight excluding hydrogens is 310 g/mol. The van der Waals surface area contributed by atoms with Crippen LogP contribution in [0.15, 0.2) is 71.6 Å². The third-order valence-corrected chi connectivity index (χ3v) is 5.67. The van der Waals surface area contributed by atoms with Crippen LogP contribution in [-0.2, 0) is 10.0 Å². The SMILES string of the molecule is COc1ccc(N(C)S(=O)(=O)c2cccc3ccccc23)cc1. The molecule has 5 heteroatoms. The molecule has 4 nitrogen and oxygen atoms in total. The van der Waals surface area contributed by atoms with Crippen molar-refractivity contribution in [3.05, 3.63) is 66.7 Å². The zero-order chi connectivity index (χ0) is 16.4. The van der Waals surface area contributed by atoms with Crippen LogP contribution in [0.25, 0.3) is 10.8 Å². The lowest BCUT2D eigenvalue weighted by molar-refractivity contribution is 0.415. The summed E-state index contributed by atoms with van der Waals surface area (Å²) in [6, 6.07) is 19.7. The van der Waals surface area contributed by atoms with E-state index < -0.39 is 10.0 Å². The molecule has 0 atom stereocenters. The molecule has 0 saturated heterocycles. The van der Waals surface area contributed by atoms with E-state index in [9.17, 15) is 8.42 Å². The largest absolute Gasteiger partial charge is 0.497 e. The molecule has 0 aliphatic carbocycles. The number of hydrogen-bond acceptors (Lipinski definition) is 3. The Balaban J connectivity index is 2.09. The standard InChI is InChI=1S/C18H17NO3S/c1-19(15-10-12-16(22-2)13-11-15)23(20,21)18-9-5-7-14-6-3-4-8-17(14)18/h3-13H,1-2H3. The normalized spacial score (nSPS) is 11.4. The van der Waals surface area contributed by atoms with Crippen molar-refractivity contribution in [1.29, 1.82) is 0 Å². The maximum absolute atomic E-state index is 13.0. The average Bonchev–Trinajstić information content (AvgIpc) is 2.60. The van der Waals surface area contributed by atoms with Crippen molar-refractivity contribution in [1.82, 2.24) is 0 Å². The predicted molar refractivity (Wildman–Crippen MR) is 92.5 cm³/mol. The Morgan fingerprint density at radius 3 is 2.22 bits per heavy atom. The van der Waals surface area contributed by atoms with E-state index in [0.717, 1.165) is 10.8 Å². The quantitative estimate of drug-likeness (QED) is 0.734. The molecule has 0 N–H and O–H groups in total. The molecule has 0 unspecified atom stereocenters. The second-order valence-corrected chi connectivity index (χ2v) is 7.09. The Morgan fingerprint density at radius 1 is 0.870 bits per heavy atom. The van der Waals surface area contributed by atoms with Gasteiger partial charge in [-0.3, -0.25) is 4.31 Å². The van der Waals surface area contributed by atoms with Gasteiger partial charge in [0.15, 0.2) is 0 Å². The number of hydrogen-bond donors (Lipinski definition) is 0. The fourth-order valence-electron chi connectivity index (χ4n) is 2.50. The Morgan fingerprint density at radius 2 is 1.52 bits per heavy atom. The maximum atomic E-state index is 13.0. The number of anilines is 1. The summed E-state index contributed by atoms with van der Waals surface area (Å²) < 4.78 is 32.4. The summed E-state index contributed by atoms with van der Waals surface area (Å²) in [5.41, 5.74) is 0.582. The smallest absolute Gasteiger partial charge is 0.264 e. The van der Waals surface area contributed by atoms with E-state index in [1.54, 1.807) is 50.6 Å². The first kappa shape index (κ1) is 15.4. The van der Waals surface area contributed by atoms with E-state index in [1.807, 2.05) is 30.3 Å². The lowest BCUT2D eigenvalue weighted by Crippen LogP contribution is -2.26. The third-order valence-electron chi connectivity index (χ3n) is 3.82. The zero-order valence-corrected chi connectivity index (χ0v) is 13.7. The number of ether oxygens (including phenoxy) is 1. The van der Waals surface area contributed by atoms with Crippen molar-refractivity contribution in [3.63, 3.8) is 0 Å². The van der Waals surface area contributed by atoms with E-state index in [0.29, 0.717) is 16.3 Å². The molecule has 118 valence electrons. The van der Waals surface area contributed by atoms with Gasteiger partial charge in [-0.25, -0.2) is 8.42 Å². The van der Waals surface area contributed by atoms with Crippen molar-refractivity contribution in [2.24, 2.45) is 0 Å². The number of nitrogens with zero attached hydrogens (tertiary/aromatic N) is 1. The van der Waals surface area contributed by atoms with Gasteiger partial charge in [0.2, 0.25) is 0 Å². The molecule has 3 aromatic rings. The molecule has 0 fully saturated rings. The van der Waals surface area contributed by atoms with Crippen molar-refractivity contribution in [2.75, 3.05) is 18.5 Å². The number of methoxy groups -OCH3 is 1. The molecule has 3 aromatic carbocycles. The fourth-order valence-corrected chi connectivity index (χ4v) is 3.91. The molecule has 0 spiro atoms. The molecule has 3 rings (SSSR count). The summed E-state index contributed by atoms with van der Waals surface area (Å²) >= 11 is 0. The first-order chi connectivity index (χ1) is 11.0. The molecule has 0 heterocycles. The van der Waals surface area contributed by atoms with Crippen LogP contribution in [0, 0.1) is 0 Å². The monoisotopic (exact) mass is 327 g/mol. The minimum atomic E-state index is -3.65. The van der Waals surface area contributed by atoms with Gasteiger partial charge in [0.1, 0.15) is 5.75 Å². The molecule has 0 amide bonds. The molecular formula is C18H17NO3S. The molecule has 0 radical (unpaired) electrons. The highest BCUT2D eigenvalue weighted by Gasteiger charge is 2.23. The van der Waals surface area contributed by atoms with Crippen LogP contribution >= 0.6 is 0 Å². The first-order valence-corrected chi connectivity index (χ1v) is 8.59. The summed E-state index contributed by atoms with van der Waals surface area (Å²) in [4.78, 5) is 0.300. The Bertz CT molecular complexity index is 929. The molecule has 0 aliphatic rings. The van der Waals surface area contributed by atoms with Crippen LogP contribution in [0.2, 0.25) is 0 Å². The number of benzene rings is 3. The van der Waals surface area contributed by atoms with E-state index in [4.69, 9.17) is 4.74 Å². The minimum absolute atomic E-state index is 0.300. The molecule has 0 aromatic heterocycles. The van der Waals surface area contributed by atoms with Crippen LogP contribution in [0.4, 0.5) is 5.69 Å². The zero-order valence-electron chi connectivity index (χ0n) is 12.9. The van der Waals surface area contributed by atoms with Crippen molar-refractivity contribution >= 4 is 26.5 Å². The number of rotatable bonds is 4. The predicted octanol–water partition coefficient (Wildman–Crippen LogP) is 3.67. The Hall–Kier alpha value is -2.53. The topological polar surface area (TPSA) is 46.6 Å². The molecule has 0 aliphatic heterocycles. The third kappa shape index (κ3) is 2.75.